The summed E-state index contributed by atoms with van der Waals surface area (Å²) in [4.78, 5) is 25.4. The molecule has 0 saturated carbocycles. The predicted molar refractivity (Wildman–Crippen MR) is 113 cm³/mol. The smallest absolute Gasteiger partial charge is 0.265 e. The molecule has 2 aromatic carbocycles. The van der Waals surface area contributed by atoms with Crippen LogP contribution in [0.3, 0.4) is 0 Å². The van der Waals surface area contributed by atoms with Crippen molar-refractivity contribution in [1.29, 1.82) is 0 Å². The highest BCUT2D eigenvalue weighted by atomic mass is 16.5. The monoisotopic (exact) mass is 408 g/mol. The van der Waals surface area contributed by atoms with E-state index in [4.69, 9.17) is 13.9 Å². The first-order valence-electron chi connectivity index (χ1n) is 9.62. The van der Waals surface area contributed by atoms with Gasteiger partial charge in [-0.15, -0.1) is 0 Å². The molecule has 0 radical (unpaired) electrons. The van der Waals surface area contributed by atoms with Gasteiger partial charge >= 0.3 is 0 Å². The zero-order valence-corrected chi connectivity index (χ0v) is 16.9. The molecule has 0 bridgehead atoms. The van der Waals surface area contributed by atoms with Crippen molar-refractivity contribution >= 4 is 17.5 Å². The van der Waals surface area contributed by atoms with Crippen molar-refractivity contribution < 1.29 is 23.5 Å². The quantitative estimate of drug-likeness (QED) is 0.558. The molecule has 0 aliphatic rings. The third-order valence-electron chi connectivity index (χ3n) is 4.43. The van der Waals surface area contributed by atoms with Gasteiger partial charge in [0.1, 0.15) is 5.76 Å². The maximum atomic E-state index is 12.8. The topological polar surface area (TPSA) is 89.8 Å². The molecule has 0 aliphatic heterocycles. The molecule has 0 spiro atoms. The summed E-state index contributed by atoms with van der Waals surface area (Å²) in [6.45, 7) is 2.10. The van der Waals surface area contributed by atoms with E-state index in [9.17, 15) is 9.59 Å². The van der Waals surface area contributed by atoms with E-state index < -0.39 is 6.10 Å². The van der Waals surface area contributed by atoms with Crippen molar-refractivity contribution in [3.8, 4) is 11.5 Å². The number of amides is 2. The molecule has 1 heterocycles. The number of benzene rings is 2. The number of carbonyl (C=O) groups excluding carboxylic acids is 2. The molecule has 3 aromatic rings. The lowest BCUT2D eigenvalue weighted by molar-refractivity contribution is -0.122. The van der Waals surface area contributed by atoms with E-state index in [2.05, 4.69) is 10.6 Å². The van der Waals surface area contributed by atoms with Crippen LogP contribution < -0.4 is 20.1 Å². The molecule has 2 amide bonds. The summed E-state index contributed by atoms with van der Waals surface area (Å²) >= 11 is 0. The van der Waals surface area contributed by atoms with Crippen LogP contribution in [0.4, 0.5) is 5.69 Å². The number of rotatable bonds is 9. The summed E-state index contributed by atoms with van der Waals surface area (Å²) in [5, 5.41) is 5.59. The van der Waals surface area contributed by atoms with Crippen molar-refractivity contribution in [3.05, 3.63) is 78.3 Å². The number of carbonyl (C=O) groups is 2. The Balaban J connectivity index is 1.70. The Hall–Kier alpha value is -3.74. The molecule has 0 aliphatic carbocycles. The summed E-state index contributed by atoms with van der Waals surface area (Å²) < 4.78 is 16.4. The van der Waals surface area contributed by atoms with E-state index in [1.54, 1.807) is 68.0 Å². The lowest BCUT2D eigenvalue weighted by Crippen LogP contribution is -2.33. The van der Waals surface area contributed by atoms with E-state index in [1.807, 2.05) is 13.0 Å². The van der Waals surface area contributed by atoms with Gasteiger partial charge in [0.25, 0.3) is 11.8 Å². The van der Waals surface area contributed by atoms with E-state index in [1.165, 1.54) is 0 Å². The summed E-state index contributed by atoms with van der Waals surface area (Å²) in [7, 11) is 1.54. The van der Waals surface area contributed by atoms with Crippen LogP contribution in [0.2, 0.25) is 0 Å². The third kappa shape index (κ3) is 5.20. The number of ether oxygens (including phenoxy) is 2. The minimum atomic E-state index is -0.750. The number of anilines is 1. The average molecular weight is 408 g/mol. The molecule has 1 atom stereocenters. The maximum absolute atomic E-state index is 12.8. The molecular weight excluding hydrogens is 384 g/mol. The zero-order valence-electron chi connectivity index (χ0n) is 16.9. The minimum absolute atomic E-state index is 0.253. The van der Waals surface area contributed by atoms with Crippen LogP contribution in [0.25, 0.3) is 0 Å². The summed E-state index contributed by atoms with van der Waals surface area (Å²) in [6.07, 6.45) is 1.24. The first-order chi connectivity index (χ1) is 14.6. The third-order valence-corrected chi connectivity index (χ3v) is 4.43. The Kier molecular flexibility index (Phi) is 7.10. The highest BCUT2D eigenvalue weighted by Gasteiger charge is 2.22. The number of furan rings is 1. The summed E-state index contributed by atoms with van der Waals surface area (Å²) in [6, 6.07) is 17.5. The van der Waals surface area contributed by atoms with Gasteiger partial charge in [-0.2, -0.15) is 0 Å². The van der Waals surface area contributed by atoms with Gasteiger partial charge in [-0.1, -0.05) is 31.2 Å². The molecule has 2 N–H and O–H groups in total. The molecular formula is C23H24N2O5. The Morgan fingerprint density at radius 1 is 1.00 bits per heavy atom. The highest BCUT2D eigenvalue weighted by Crippen LogP contribution is 2.27. The lowest BCUT2D eigenvalue weighted by atomic mass is 10.1. The van der Waals surface area contributed by atoms with Crippen LogP contribution in [0.5, 0.6) is 11.5 Å². The Morgan fingerprint density at radius 2 is 1.73 bits per heavy atom. The van der Waals surface area contributed by atoms with Gasteiger partial charge in [0.05, 0.1) is 31.2 Å². The SMILES string of the molecule is CC[C@@H](Oc1ccccc1OC)C(=O)Nc1ccccc1C(=O)NCc1ccco1. The Morgan fingerprint density at radius 3 is 2.43 bits per heavy atom. The second-order valence-electron chi connectivity index (χ2n) is 6.46. The van der Waals surface area contributed by atoms with Crippen LogP contribution in [0.1, 0.15) is 29.5 Å². The van der Waals surface area contributed by atoms with Crippen LogP contribution in [0, 0.1) is 0 Å². The van der Waals surface area contributed by atoms with E-state index in [-0.39, 0.29) is 18.4 Å². The second-order valence-corrected chi connectivity index (χ2v) is 6.46. The van der Waals surface area contributed by atoms with Crippen LogP contribution >= 0.6 is 0 Å². The Bertz CT molecular complexity index is 985. The number of methoxy groups -OCH3 is 1. The maximum Gasteiger partial charge on any atom is 0.265 e. The van der Waals surface area contributed by atoms with Crippen molar-refractivity contribution in [2.45, 2.75) is 26.0 Å². The first-order valence-corrected chi connectivity index (χ1v) is 9.62. The molecule has 3 rings (SSSR count). The van der Waals surface area contributed by atoms with Crippen molar-refractivity contribution in [1.82, 2.24) is 5.32 Å². The normalized spacial score (nSPS) is 11.4. The Labute approximate surface area is 175 Å². The average Bonchev–Trinajstić information content (AvgIpc) is 3.30. The van der Waals surface area contributed by atoms with Gasteiger partial charge in [0.2, 0.25) is 0 Å². The fourth-order valence-electron chi connectivity index (χ4n) is 2.87. The highest BCUT2D eigenvalue weighted by molar-refractivity contribution is 6.04. The van der Waals surface area contributed by atoms with Gasteiger partial charge in [-0.05, 0) is 42.8 Å². The van der Waals surface area contributed by atoms with E-state index in [0.29, 0.717) is 34.9 Å². The molecule has 156 valence electrons. The van der Waals surface area contributed by atoms with Crippen LogP contribution in [0.15, 0.2) is 71.3 Å². The van der Waals surface area contributed by atoms with Crippen molar-refractivity contribution in [2.24, 2.45) is 0 Å². The van der Waals surface area contributed by atoms with Gasteiger partial charge in [0, 0.05) is 0 Å². The minimum Gasteiger partial charge on any atom is -0.493 e. The lowest BCUT2D eigenvalue weighted by Gasteiger charge is -2.19. The van der Waals surface area contributed by atoms with Crippen LogP contribution in [-0.4, -0.2) is 25.0 Å². The zero-order chi connectivity index (χ0) is 21.3. The standard InChI is InChI=1S/C23H24N2O5/c1-3-19(30-21-13-7-6-12-20(21)28-2)23(27)25-18-11-5-4-10-17(18)22(26)24-15-16-9-8-14-29-16/h4-14,19H,3,15H2,1-2H3,(H,24,26)(H,25,27)/t19-/m1/s1. The van der Waals surface area contributed by atoms with Gasteiger partial charge in [-0.25, -0.2) is 0 Å². The molecule has 0 unspecified atom stereocenters. The van der Waals surface area contributed by atoms with Crippen molar-refractivity contribution in [3.63, 3.8) is 0 Å². The summed E-state index contributed by atoms with van der Waals surface area (Å²) in [5.74, 6) is 0.990. The molecule has 1 aromatic heterocycles. The van der Waals surface area contributed by atoms with Crippen LogP contribution in [-0.2, 0) is 11.3 Å². The molecule has 0 saturated heterocycles. The van der Waals surface area contributed by atoms with Gasteiger partial charge < -0.3 is 24.5 Å². The predicted octanol–water partition coefficient (Wildman–Crippen LogP) is 4.01. The van der Waals surface area contributed by atoms with Crippen molar-refractivity contribution in [2.75, 3.05) is 12.4 Å². The fraction of sp³-hybridized carbons (Fsp3) is 0.217. The second kappa shape index (κ2) is 10.2. The molecule has 7 heteroatoms. The van der Waals surface area contributed by atoms with E-state index in [0.717, 1.165) is 0 Å². The molecule has 7 nitrogen and oxygen atoms in total. The molecule has 30 heavy (non-hydrogen) atoms. The number of para-hydroxylation sites is 3. The number of hydrogen-bond acceptors (Lipinski definition) is 5. The largest absolute Gasteiger partial charge is 0.493 e. The fourth-order valence-corrected chi connectivity index (χ4v) is 2.87. The summed E-state index contributed by atoms with van der Waals surface area (Å²) in [5.41, 5.74) is 0.756. The van der Waals surface area contributed by atoms with E-state index >= 15 is 0 Å². The van der Waals surface area contributed by atoms with Gasteiger partial charge in [0.15, 0.2) is 17.6 Å². The number of hydrogen-bond donors (Lipinski definition) is 2. The number of nitrogens with one attached hydrogen (secondary N) is 2. The molecule has 0 fully saturated rings. The first kappa shape index (κ1) is 21.0. The van der Waals surface area contributed by atoms with Gasteiger partial charge in [-0.3, -0.25) is 9.59 Å².